The average molecular weight is 274 g/mol. The van der Waals surface area contributed by atoms with Crippen molar-refractivity contribution >= 4 is 11.6 Å². The minimum atomic E-state index is 0.00283. The fourth-order valence-electron chi connectivity index (χ4n) is 3.11. The van der Waals surface area contributed by atoms with Gasteiger partial charge in [0, 0.05) is 25.3 Å². The van der Waals surface area contributed by atoms with Crippen LogP contribution in [-0.2, 0) is 9.53 Å². The average Bonchev–Trinajstić information content (AvgIpc) is 2.53. The molecule has 0 spiro atoms. The number of benzene rings is 1. The normalized spacial score (nSPS) is 25.8. The van der Waals surface area contributed by atoms with Crippen molar-refractivity contribution in [2.45, 2.75) is 31.8 Å². The molecule has 0 aliphatic carbocycles. The third-order valence-corrected chi connectivity index (χ3v) is 4.29. The first-order chi connectivity index (χ1) is 9.79. The number of para-hydroxylation sites is 1. The molecular weight excluding hydrogens is 252 g/mol. The van der Waals surface area contributed by atoms with Crippen LogP contribution in [0.3, 0.4) is 0 Å². The fourth-order valence-corrected chi connectivity index (χ4v) is 3.11. The summed E-state index contributed by atoms with van der Waals surface area (Å²) in [7, 11) is 0. The van der Waals surface area contributed by atoms with Gasteiger partial charge in [-0.15, -0.1) is 0 Å². The first kappa shape index (κ1) is 13.4. The highest BCUT2D eigenvalue weighted by Crippen LogP contribution is 2.33. The Morgan fingerprint density at radius 1 is 1.45 bits per heavy atom. The number of hydrogen-bond donors (Lipinski definition) is 1. The van der Waals surface area contributed by atoms with Crippen molar-refractivity contribution in [1.29, 1.82) is 0 Å². The van der Waals surface area contributed by atoms with Gasteiger partial charge in [0.2, 0.25) is 5.91 Å². The Bertz CT molecular complexity index is 489. The molecule has 1 N–H and O–H groups in total. The summed E-state index contributed by atoms with van der Waals surface area (Å²) in [6.07, 6.45) is 2.04. The van der Waals surface area contributed by atoms with Crippen LogP contribution in [0.1, 0.15) is 31.2 Å². The van der Waals surface area contributed by atoms with Gasteiger partial charge < -0.3 is 15.0 Å². The number of anilines is 1. The van der Waals surface area contributed by atoms with Crippen LogP contribution in [0.25, 0.3) is 0 Å². The topological polar surface area (TPSA) is 41.6 Å². The molecule has 1 fully saturated rings. The lowest BCUT2D eigenvalue weighted by Crippen LogP contribution is -2.47. The van der Waals surface area contributed by atoms with Gasteiger partial charge >= 0.3 is 0 Å². The number of fused-ring (bicyclic) bond motifs is 1. The zero-order valence-electron chi connectivity index (χ0n) is 12.0. The van der Waals surface area contributed by atoms with E-state index in [2.05, 4.69) is 24.4 Å². The van der Waals surface area contributed by atoms with Crippen LogP contribution in [0.2, 0.25) is 0 Å². The van der Waals surface area contributed by atoms with Gasteiger partial charge in [-0.05, 0) is 24.5 Å². The Morgan fingerprint density at radius 3 is 3.15 bits per heavy atom. The van der Waals surface area contributed by atoms with Gasteiger partial charge in [0.1, 0.15) is 0 Å². The van der Waals surface area contributed by atoms with Crippen molar-refractivity contribution in [3.63, 3.8) is 0 Å². The maximum atomic E-state index is 12.8. The van der Waals surface area contributed by atoms with Crippen LogP contribution in [0.5, 0.6) is 0 Å². The first-order valence-electron chi connectivity index (χ1n) is 7.52. The van der Waals surface area contributed by atoms with Gasteiger partial charge in [-0.1, -0.05) is 25.1 Å². The summed E-state index contributed by atoms with van der Waals surface area (Å²) in [5, 5.41) is 3.37. The molecule has 20 heavy (non-hydrogen) atoms. The summed E-state index contributed by atoms with van der Waals surface area (Å²) < 4.78 is 5.66. The largest absolute Gasteiger partial charge is 0.385 e. The molecule has 3 rings (SSSR count). The molecule has 0 radical (unpaired) electrons. The lowest BCUT2D eigenvalue weighted by Gasteiger charge is -2.36. The maximum absolute atomic E-state index is 12.8. The molecule has 0 bridgehead atoms. The molecule has 1 saturated heterocycles. The number of hydrogen-bond acceptors (Lipinski definition) is 3. The van der Waals surface area contributed by atoms with E-state index >= 15 is 0 Å². The summed E-state index contributed by atoms with van der Waals surface area (Å²) in [4.78, 5) is 14.8. The second kappa shape index (κ2) is 5.83. The van der Waals surface area contributed by atoms with Crippen LogP contribution in [0.15, 0.2) is 24.3 Å². The van der Waals surface area contributed by atoms with Gasteiger partial charge in [0.25, 0.3) is 0 Å². The van der Waals surface area contributed by atoms with E-state index in [4.69, 9.17) is 4.74 Å². The van der Waals surface area contributed by atoms with Crippen LogP contribution < -0.4 is 5.32 Å². The zero-order chi connectivity index (χ0) is 13.9. The number of rotatable bonds is 2. The lowest BCUT2D eigenvalue weighted by molar-refractivity contribution is -0.140. The second-order valence-corrected chi connectivity index (χ2v) is 5.54. The van der Waals surface area contributed by atoms with Gasteiger partial charge in [-0.2, -0.15) is 0 Å². The van der Waals surface area contributed by atoms with Gasteiger partial charge in [-0.3, -0.25) is 4.79 Å². The molecule has 0 aromatic heterocycles. The summed E-state index contributed by atoms with van der Waals surface area (Å²) in [6, 6.07) is 8.16. The first-order valence-corrected chi connectivity index (χ1v) is 7.52. The number of nitrogens with one attached hydrogen (secondary N) is 1. The standard InChI is InChI=1S/C16H22N2O2/c1-2-12-11-18(9-10-20-12)16(19)14-7-8-17-15-6-4-3-5-13(14)15/h3-6,12,14,17H,2,7-11H2,1H3. The molecule has 2 aliphatic heterocycles. The minimum Gasteiger partial charge on any atom is -0.385 e. The van der Waals surface area contributed by atoms with E-state index in [0.29, 0.717) is 6.61 Å². The van der Waals surface area contributed by atoms with E-state index in [-0.39, 0.29) is 17.9 Å². The van der Waals surface area contributed by atoms with E-state index in [0.717, 1.165) is 43.7 Å². The van der Waals surface area contributed by atoms with Crippen molar-refractivity contribution in [3.8, 4) is 0 Å². The third kappa shape index (κ3) is 2.52. The SMILES string of the molecule is CCC1CN(C(=O)C2CCNc3ccccc32)CCO1. The molecule has 108 valence electrons. The number of morpholine rings is 1. The van der Waals surface area contributed by atoms with Crippen molar-refractivity contribution < 1.29 is 9.53 Å². The summed E-state index contributed by atoms with van der Waals surface area (Å²) in [5.41, 5.74) is 2.25. The Labute approximate surface area is 120 Å². The van der Waals surface area contributed by atoms with Gasteiger partial charge in [0.15, 0.2) is 0 Å². The molecule has 1 aromatic rings. The Balaban J connectivity index is 1.78. The quantitative estimate of drug-likeness (QED) is 0.899. The highest BCUT2D eigenvalue weighted by atomic mass is 16.5. The van der Waals surface area contributed by atoms with Gasteiger partial charge in [0.05, 0.1) is 18.6 Å². The molecule has 1 amide bonds. The van der Waals surface area contributed by atoms with Crippen LogP contribution >= 0.6 is 0 Å². The Morgan fingerprint density at radius 2 is 2.30 bits per heavy atom. The number of amides is 1. The Hall–Kier alpha value is -1.55. The highest BCUT2D eigenvalue weighted by Gasteiger charge is 2.32. The lowest BCUT2D eigenvalue weighted by atomic mass is 9.89. The smallest absolute Gasteiger partial charge is 0.230 e. The summed E-state index contributed by atoms with van der Waals surface area (Å²) in [5.74, 6) is 0.267. The molecule has 0 saturated carbocycles. The van der Waals surface area contributed by atoms with Crippen LogP contribution in [-0.4, -0.2) is 43.2 Å². The molecule has 4 nitrogen and oxygen atoms in total. The maximum Gasteiger partial charge on any atom is 0.230 e. The van der Waals surface area contributed by atoms with Crippen LogP contribution in [0, 0.1) is 0 Å². The zero-order valence-corrected chi connectivity index (χ0v) is 12.0. The summed E-state index contributed by atoms with van der Waals surface area (Å²) >= 11 is 0. The van der Waals surface area contributed by atoms with E-state index in [1.165, 1.54) is 0 Å². The predicted octanol–water partition coefficient (Wildman–Crippen LogP) is 2.22. The van der Waals surface area contributed by atoms with E-state index < -0.39 is 0 Å². The molecular formula is C16H22N2O2. The monoisotopic (exact) mass is 274 g/mol. The number of nitrogens with zero attached hydrogens (tertiary/aromatic N) is 1. The predicted molar refractivity (Wildman–Crippen MR) is 78.9 cm³/mol. The second-order valence-electron chi connectivity index (χ2n) is 5.54. The third-order valence-electron chi connectivity index (χ3n) is 4.29. The van der Waals surface area contributed by atoms with Crippen molar-refractivity contribution in [2.75, 3.05) is 31.6 Å². The van der Waals surface area contributed by atoms with E-state index in [9.17, 15) is 4.79 Å². The Kier molecular flexibility index (Phi) is 3.92. The molecule has 2 atom stereocenters. The van der Waals surface area contributed by atoms with E-state index in [1.807, 2.05) is 17.0 Å². The van der Waals surface area contributed by atoms with Crippen molar-refractivity contribution in [2.24, 2.45) is 0 Å². The van der Waals surface area contributed by atoms with Crippen LogP contribution in [0.4, 0.5) is 5.69 Å². The number of carbonyl (C=O) groups is 1. The van der Waals surface area contributed by atoms with Crippen molar-refractivity contribution in [1.82, 2.24) is 4.90 Å². The molecule has 4 heteroatoms. The molecule has 2 unspecified atom stereocenters. The fraction of sp³-hybridized carbons (Fsp3) is 0.562. The van der Waals surface area contributed by atoms with Gasteiger partial charge in [-0.25, -0.2) is 0 Å². The minimum absolute atomic E-state index is 0.00283. The number of carbonyl (C=O) groups excluding carboxylic acids is 1. The summed E-state index contributed by atoms with van der Waals surface area (Å²) in [6.45, 7) is 5.10. The highest BCUT2D eigenvalue weighted by molar-refractivity contribution is 5.86. The van der Waals surface area contributed by atoms with Crippen molar-refractivity contribution in [3.05, 3.63) is 29.8 Å². The van der Waals surface area contributed by atoms with E-state index in [1.54, 1.807) is 0 Å². The molecule has 2 aliphatic rings. The molecule has 1 aromatic carbocycles. The number of ether oxygens (including phenoxy) is 1. The molecule has 2 heterocycles.